The first-order valence-electron chi connectivity index (χ1n) is 6.15. The molecule has 4 heteroatoms. The fourth-order valence-corrected chi connectivity index (χ4v) is 1.72. The smallest absolute Gasteiger partial charge is 0.130 e. The third-order valence-corrected chi connectivity index (χ3v) is 2.85. The molecule has 0 aliphatic heterocycles. The van der Waals surface area contributed by atoms with Crippen molar-refractivity contribution in [1.82, 2.24) is 15.0 Å². The third kappa shape index (κ3) is 3.03. The van der Waals surface area contributed by atoms with Crippen molar-refractivity contribution < 1.29 is 0 Å². The number of nitrogens with zero attached hydrogens (tertiary/aromatic N) is 3. The fraction of sp³-hybridized carbons (Fsp3) is 0.357. The summed E-state index contributed by atoms with van der Waals surface area (Å²) in [6, 6.07) is 6.20. The van der Waals surface area contributed by atoms with E-state index in [9.17, 15) is 0 Å². The SMILES string of the molecule is CC(C)c1cc(NC(C)c2ccncc2)ncn1. The molecule has 0 radical (unpaired) electrons. The van der Waals surface area contributed by atoms with E-state index in [0.29, 0.717) is 5.92 Å². The lowest BCUT2D eigenvalue weighted by Gasteiger charge is -2.15. The zero-order chi connectivity index (χ0) is 13.0. The van der Waals surface area contributed by atoms with E-state index in [4.69, 9.17) is 0 Å². The van der Waals surface area contributed by atoms with Crippen LogP contribution >= 0.6 is 0 Å². The Morgan fingerprint density at radius 3 is 2.44 bits per heavy atom. The summed E-state index contributed by atoms with van der Waals surface area (Å²) in [6.07, 6.45) is 5.21. The normalized spacial score (nSPS) is 12.4. The monoisotopic (exact) mass is 242 g/mol. The molecule has 94 valence electrons. The maximum absolute atomic E-state index is 4.26. The Morgan fingerprint density at radius 1 is 1.06 bits per heavy atom. The molecule has 0 aliphatic carbocycles. The summed E-state index contributed by atoms with van der Waals surface area (Å²) in [5, 5.41) is 3.37. The first-order chi connectivity index (χ1) is 8.66. The van der Waals surface area contributed by atoms with Gasteiger partial charge in [-0.1, -0.05) is 13.8 Å². The van der Waals surface area contributed by atoms with E-state index in [-0.39, 0.29) is 6.04 Å². The number of aromatic nitrogens is 3. The molecule has 2 heterocycles. The van der Waals surface area contributed by atoms with Gasteiger partial charge in [-0.05, 0) is 30.5 Å². The van der Waals surface area contributed by atoms with Gasteiger partial charge in [0.05, 0.1) is 6.04 Å². The van der Waals surface area contributed by atoms with Gasteiger partial charge in [0.1, 0.15) is 12.1 Å². The first-order valence-corrected chi connectivity index (χ1v) is 6.15. The number of hydrogen-bond donors (Lipinski definition) is 1. The Bertz CT molecular complexity index is 496. The van der Waals surface area contributed by atoms with Gasteiger partial charge in [-0.3, -0.25) is 4.98 Å². The van der Waals surface area contributed by atoms with Crippen molar-refractivity contribution in [3.05, 3.63) is 48.2 Å². The Kier molecular flexibility index (Phi) is 3.87. The molecular formula is C14H18N4. The van der Waals surface area contributed by atoms with Crippen LogP contribution in [0.5, 0.6) is 0 Å². The number of pyridine rings is 1. The molecule has 2 aromatic heterocycles. The van der Waals surface area contributed by atoms with Crippen molar-refractivity contribution >= 4 is 5.82 Å². The predicted molar refractivity (Wildman–Crippen MR) is 72.4 cm³/mol. The van der Waals surface area contributed by atoms with E-state index >= 15 is 0 Å². The highest BCUT2D eigenvalue weighted by Gasteiger charge is 2.07. The van der Waals surface area contributed by atoms with Crippen LogP contribution in [0.3, 0.4) is 0 Å². The maximum atomic E-state index is 4.26. The Labute approximate surface area is 108 Å². The predicted octanol–water partition coefficient (Wildman–Crippen LogP) is 3.17. The maximum Gasteiger partial charge on any atom is 0.130 e. The van der Waals surface area contributed by atoms with Gasteiger partial charge in [0.25, 0.3) is 0 Å². The molecule has 2 rings (SSSR count). The van der Waals surface area contributed by atoms with Gasteiger partial charge in [0.2, 0.25) is 0 Å². The molecule has 0 fully saturated rings. The summed E-state index contributed by atoms with van der Waals surface area (Å²) in [7, 11) is 0. The number of hydrogen-bond acceptors (Lipinski definition) is 4. The van der Waals surface area contributed by atoms with Crippen molar-refractivity contribution in [2.75, 3.05) is 5.32 Å². The summed E-state index contributed by atoms with van der Waals surface area (Å²) < 4.78 is 0. The van der Waals surface area contributed by atoms with Crippen LogP contribution in [0.1, 0.15) is 44.0 Å². The zero-order valence-corrected chi connectivity index (χ0v) is 11.0. The fourth-order valence-electron chi connectivity index (χ4n) is 1.72. The van der Waals surface area contributed by atoms with Crippen molar-refractivity contribution in [2.45, 2.75) is 32.7 Å². The van der Waals surface area contributed by atoms with E-state index in [1.165, 1.54) is 5.56 Å². The second-order valence-corrected chi connectivity index (χ2v) is 4.63. The Balaban J connectivity index is 2.12. The van der Waals surface area contributed by atoms with E-state index in [1.54, 1.807) is 18.7 Å². The minimum atomic E-state index is 0.197. The average Bonchev–Trinajstić information content (AvgIpc) is 2.40. The van der Waals surface area contributed by atoms with Crippen molar-refractivity contribution in [3.63, 3.8) is 0 Å². The van der Waals surface area contributed by atoms with Gasteiger partial charge in [-0.15, -0.1) is 0 Å². The summed E-state index contributed by atoms with van der Waals surface area (Å²) >= 11 is 0. The van der Waals surface area contributed by atoms with Crippen LogP contribution in [-0.2, 0) is 0 Å². The minimum Gasteiger partial charge on any atom is -0.363 e. The molecule has 0 aromatic carbocycles. The van der Waals surface area contributed by atoms with Crippen molar-refractivity contribution in [3.8, 4) is 0 Å². The van der Waals surface area contributed by atoms with Gasteiger partial charge >= 0.3 is 0 Å². The topological polar surface area (TPSA) is 50.7 Å². The van der Waals surface area contributed by atoms with Crippen LogP contribution < -0.4 is 5.32 Å². The molecule has 1 atom stereocenters. The molecule has 1 N–H and O–H groups in total. The molecule has 1 unspecified atom stereocenters. The lowest BCUT2D eigenvalue weighted by Crippen LogP contribution is -2.09. The largest absolute Gasteiger partial charge is 0.363 e. The molecular weight excluding hydrogens is 224 g/mol. The number of nitrogens with one attached hydrogen (secondary N) is 1. The molecule has 0 amide bonds. The van der Waals surface area contributed by atoms with Crippen molar-refractivity contribution in [2.24, 2.45) is 0 Å². The Morgan fingerprint density at radius 2 is 1.78 bits per heavy atom. The van der Waals surface area contributed by atoms with Gasteiger partial charge in [-0.25, -0.2) is 9.97 Å². The lowest BCUT2D eigenvalue weighted by molar-refractivity contribution is 0.806. The molecule has 4 nitrogen and oxygen atoms in total. The van der Waals surface area contributed by atoms with Gasteiger partial charge in [0.15, 0.2) is 0 Å². The zero-order valence-electron chi connectivity index (χ0n) is 11.0. The highest BCUT2D eigenvalue weighted by Crippen LogP contribution is 2.19. The first kappa shape index (κ1) is 12.5. The summed E-state index contributed by atoms with van der Waals surface area (Å²) in [5.74, 6) is 1.27. The van der Waals surface area contributed by atoms with Crippen LogP contribution in [0.2, 0.25) is 0 Å². The van der Waals surface area contributed by atoms with E-state index in [2.05, 4.69) is 41.0 Å². The van der Waals surface area contributed by atoms with E-state index in [0.717, 1.165) is 11.5 Å². The second kappa shape index (κ2) is 5.58. The van der Waals surface area contributed by atoms with E-state index in [1.807, 2.05) is 18.2 Å². The quantitative estimate of drug-likeness (QED) is 0.894. The van der Waals surface area contributed by atoms with Crippen LogP contribution in [0.25, 0.3) is 0 Å². The van der Waals surface area contributed by atoms with Crippen LogP contribution in [0.4, 0.5) is 5.82 Å². The molecule has 18 heavy (non-hydrogen) atoms. The third-order valence-electron chi connectivity index (χ3n) is 2.85. The second-order valence-electron chi connectivity index (χ2n) is 4.63. The lowest BCUT2D eigenvalue weighted by atomic mass is 10.1. The van der Waals surface area contributed by atoms with Gasteiger partial charge < -0.3 is 5.32 Å². The van der Waals surface area contributed by atoms with Crippen LogP contribution in [0.15, 0.2) is 36.9 Å². The van der Waals surface area contributed by atoms with Gasteiger partial charge in [-0.2, -0.15) is 0 Å². The molecule has 0 saturated carbocycles. The average molecular weight is 242 g/mol. The molecule has 2 aromatic rings. The molecule has 0 saturated heterocycles. The summed E-state index contributed by atoms with van der Waals surface area (Å²) in [4.78, 5) is 12.5. The minimum absolute atomic E-state index is 0.197. The summed E-state index contributed by atoms with van der Waals surface area (Å²) in [6.45, 7) is 6.35. The highest BCUT2D eigenvalue weighted by atomic mass is 15.0. The standard InChI is InChI=1S/C14H18N4/c1-10(2)13-8-14(17-9-16-13)18-11(3)12-4-6-15-7-5-12/h4-11H,1-3H3,(H,16,17,18). The molecule has 0 spiro atoms. The highest BCUT2D eigenvalue weighted by molar-refractivity contribution is 5.38. The number of anilines is 1. The van der Waals surface area contributed by atoms with Crippen LogP contribution in [-0.4, -0.2) is 15.0 Å². The molecule has 0 aliphatic rings. The van der Waals surface area contributed by atoms with Crippen LogP contribution in [0, 0.1) is 0 Å². The summed E-state index contributed by atoms with van der Waals surface area (Å²) in [5.41, 5.74) is 2.24. The van der Waals surface area contributed by atoms with Crippen molar-refractivity contribution in [1.29, 1.82) is 0 Å². The van der Waals surface area contributed by atoms with E-state index < -0.39 is 0 Å². The number of rotatable bonds is 4. The Hall–Kier alpha value is -1.97. The molecule has 0 bridgehead atoms. The van der Waals surface area contributed by atoms with Gasteiger partial charge in [0, 0.05) is 24.2 Å².